The number of ether oxygens (including phenoxy) is 1. The zero-order valence-corrected chi connectivity index (χ0v) is 16.0. The Hall–Kier alpha value is -2.28. The third-order valence-electron chi connectivity index (χ3n) is 4.41. The van der Waals surface area contributed by atoms with Crippen molar-refractivity contribution in [2.45, 2.75) is 26.8 Å². The first kappa shape index (κ1) is 20.0. The zero-order valence-electron chi connectivity index (χ0n) is 16.0. The summed E-state index contributed by atoms with van der Waals surface area (Å²) in [5.41, 5.74) is 1.01. The highest BCUT2D eigenvalue weighted by Gasteiger charge is 2.23. The Balaban J connectivity index is 1.81. The maximum atomic E-state index is 12.5. The molecule has 1 fully saturated rings. The third kappa shape index (κ3) is 5.91. The van der Waals surface area contributed by atoms with E-state index in [0.29, 0.717) is 45.9 Å². The summed E-state index contributed by atoms with van der Waals surface area (Å²) in [6, 6.07) is 7.61. The number of likely N-dealkylation sites (N-methyl/N-ethyl adjacent to an activating group) is 1. The molecule has 1 saturated heterocycles. The minimum Gasteiger partial charge on any atom is -0.494 e. The van der Waals surface area contributed by atoms with E-state index in [0.717, 1.165) is 11.3 Å². The minimum absolute atomic E-state index is 0.0354. The van der Waals surface area contributed by atoms with Crippen molar-refractivity contribution in [3.63, 3.8) is 0 Å². The summed E-state index contributed by atoms with van der Waals surface area (Å²) in [7, 11) is 0. The fraction of sp³-hybridized carbons (Fsp3) is 0.579. The third-order valence-corrected chi connectivity index (χ3v) is 4.41. The highest BCUT2D eigenvalue weighted by molar-refractivity contribution is 5.78. The number of hydrogen-bond donors (Lipinski definition) is 2. The van der Waals surface area contributed by atoms with Crippen LogP contribution in [0.4, 0.5) is 4.79 Å². The van der Waals surface area contributed by atoms with Crippen molar-refractivity contribution in [2.24, 2.45) is 0 Å². The lowest BCUT2D eigenvalue weighted by Gasteiger charge is -2.34. The average molecular weight is 362 g/mol. The van der Waals surface area contributed by atoms with E-state index in [1.54, 1.807) is 4.90 Å². The van der Waals surface area contributed by atoms with Crippen LogP contribution in [0.5, 0.6) is 5.75 Å². The maximum absolute atomic E-state index is 12.5. The molecular weight excluding hydrogens is 332 g/mol. The lowest BCUT2D eigenvalue weighted by Crippen LogP contribution is -2.53. The van der Waals surface area contributed by atoms with Gasteiger partial charge in [-0.2, -0.15) is 0 Å². The Labute approximate surface area is 155 Å². The second-order valence-corrected chi connectivity index (χ2v) is 6.39. The van der Waals surface area contributed by atoms with Gasteiger partial charge in [-0.1, -0.05) is 12.1 Å². The van der Waals surface area contributed by atoms with E-state index >= 15 is 0 Å². The first-order chi connectivity index (χ1) is 12.5. The Morgan fingerprint density at radius 2 is 1.92 bits per heavy atom. The molecule has 2 rings (SSSR count). The fourth-order valence-electron chi connectivity index (χ4n) is 2.97. The molecule has 26 heavy (non-hydrogen) atoms. The molecule has 0 aliphatic carbocycles. The van der Waals surface area contributed by atoms with Crippen LogP contribution in [0.25, 0.3) is 0 Å². The second-order valence-electron chi connectivity index (χ2n) is 6.39. The number of carbonyl (C=O) groups excluding carboxylic acids is 2. The van der Waals surface area contributed by atoms with Crippen LogP contribution in [0.2, 0.25) is 0 Å². The molecule has 1 heterocycles. The molecule has 1 aromatic rings. The number of hydrogen-bond acceptors (Lipinski definition) is 4. The van der Waals surface area contributed by atoms with Gasteiger partial charge in [-0.25, -0.2) is 4.79 Å². The molecular formula is C19H30N4O3. The quantitative estimate of drug-likeness (QED) is 0.773. The van der Waals surface area contributed by atoms with E-state index < -0.39 is 0 Å². The van der Waals surface area contributed by atoms with Crippen molar-refractivity contribution < 1.29 is 14.3 Å². The summed E-state index contributed by atoms with van der Waals surface area (Å²) < 4.78 is 5.52. The fourth-order valence-corrected chi connectivity index (χ4v) is 2.97. The van der Waals surface area contributed by atoms with Crippen LogP contribution in [-0.2, 0) is 4.79 Å². The summed E-state index contributed by atoms with van der Waals surface area (Å²) in [5, 5.41) is 5.85. The zero-order chi connectivity index (χ0) is 18.9. The first-order valence-corrected chi connectivity index (χ1v) is 9.30. The van der Waals surface area contributed by atoms with Gasteiger partial charge >= 0.3 is 6.03 Å². The Morgan fingerprint density at radius 3 is 2.58 bits per heavy atom. The second kappa shape index (κ2) is 10.0. The van der Waals surface area contributed by atoms with Gasteiger partial charge < -0.3 is 20.3 Å². The largest absolute Gasteiger partial charge is 0.494 e. The van der Waals surface area contributed by atoms with Crippen LogP contribution in [0.15, 0.2) is 24.3 Å². The van der Waals surface area contributed by atoms with Gasteiger partial charge in [0.2, 0.25) is 5.91 Å². The normalized spacial score (nSPS) is 16.0. The number of nitrogens with zero attached hydrogens (tertiary/aromatic N) is 2. The first-order valence-electron chi connectivity index (χ1n) is 9.30. The molecule has 1 atom stereocenters. The minimum atomic E-state index is -0.101. The molecule has 1 aliphatic heterocycles. The lowest BCUT2D eigenvalue weighted by molar-refractivity contribution is -0.122. The van der Waals surface area contributed by atoms with E-state index in [1.165, 1.54) is 0 Å². The van der Waals surface area contributed by atoms with Crippen molar-refractivity contribution in [2.75, 3.05) is 45.9 Å². The average Bonchev–Trinajstić information content (AvgIpc) is 2.63. The number of benzene rings is 1. The highest BCUT2D eigenvalue weighted by atomic mass is 16.5. The van der Waals surface area contributed by atoms with E-state index in [9.17, 15) is 9.59 Å². The molecule has 1 unspecified atom stereocenters. The predicted molar refractivity (Wildman–Crippen MR) is 101 cm³/mol. The molecule has 3 amide bonds. The molecule has 1 aromatic carbocycles. The molecule has 2 N–H and O–H groups in total. The topological polar surface area (TPSA) is 73.9 Å². The predicted octanol–water partition coefficient (Wildman–Crippen LogP) is 1.61. The van der Waals surface area contributed by atoms with E-state index in [4.69, 9.17) is 4.74 Å². The van der Waals surface area contributed by atoms with Gasteiger partial charge in [0.25, 0.3) is 0 Å². The van der Waals surface area contributed by atoms with Crippen molar-refractivity contribution in [1.82, 2.24) is 20.4 Å². The van der Waals surface area contributed by atoms with E-state index in [1.807, 2.05) is 45.0 Å². The molecule has 7 nitrogen and oxygen atoms in total. The number of piperazine rings is 1. The molecule has 144 valence electrons. The van der Waals surface area contributed by atoms with Gasteiger partial charge in [0.1, 0.15) is 5.75 Å². The van der Waals surface area contributed by atoms with Crippen LogP contribution >= 0.6 is 0 Å². The van der Waals surface area contributed by atoms with Gasteiger partial charge in [-0.15, -0.1) is 0 Å². The van der Waals surface area contributed by atoms with E-state index in [-0.39, 0.29) is 18.0 Å². The monoisotopic (exact) mass is 362 g/mol. The summed E-state index contributed by atoms with van der Waals surface area (Å²) in [5.74, 6) is 0.846. The molecule has 0 bridgehead atoms. The Morgan fingerprint density at radius 1 is 1.19 bits per heavy atom. The standard InChI is InChI=1S/C19H30N4O3/c1-4-20-18(24)14-22-9-11-23(12-10-22)19(25)21-15(3)16-7-6-8-17(13-16)26-5-2/h6-8,13,15H,4-5,9-12,14H2,1-3H3,(H,20,24)(H,21,25). The molecule has 0 saturated carbocycles. The molecule has 0 radical (unpaired) electrons. The molecule has 7 heteroatoms. The Bertz CT molecular complexity index is 600. The van der Waals surface area contributed by atoms with Crippen molar-refractivity contribution >= 4 is 11.9 Å². The van der Waals surface area contributed by atoms with Crippen LogP contribution in [0.1, 0.15) is 32.4 Å². The highest BCUT2D eigenvalue weighted by Crippen LogP contribution is 2.19. The number of nitrogens with one attached hydrogen (secondary N) is 2. The van der Waals surface area contributed by atoms with Crippen molar-refractivity contribution in [3.05, 3.63) is 29.8 Å². The maximum Gasteiger partial charge on any atom is 0.317 e. The number of carbonyl (C=O) groups is 2. The van der Waals surface area contributed by atoms with Gasteiger partial charge in [0.05, 0.1) is 19.2 Å². The summed E-state index contributed by atoms with van der Waals surface area (Å²) in [6.45, 7) is 10.1. The van der Waals surface area contributed by atoms with Crippen LogP contribution < -0.4 is 15.4 Å². The Kier molecular flexibility index (Phi) is 7.72. The van der Waals surface area contributed by atoms with Gasteiger partial charge in [-0.05, 0) is 38.5 Å². The van der Waals surface area contributed by atoms with Gasteiger partial charge in [0.15, 0.2) is 0 Å². The molecule has 1 aliphatic rings. The van der Waals surface area contributed by atoms with Gasteiger partial charge in [-0.3, -0.25) is 9.69 Å². The van der Waals surface area contributed by atoms with Crippen molar-refractivity contribution in [3.8, 4) is 5.75 Å². The lowest BCUT2D eigenvalue weighted by atomic mass is 10.1. The van der Waals surface area contributed by atoms with E-state index in [2.05, 4.69) is 15.5 Å². The number of amides is 3. The number of urea groups is 1. The van der Waals surface area contributed by atoms with Crippen molar-refractivity contribution in [1.29, 1.82) is 0 Å². The molecule has 0 spiro atoms. The summed E-state index contributed by atoms with van der Waals surface area (Å²) in [6.07, 6.45) is 0. The van der Waals surface area contributed by atoms with Gasteiger partial charge in [0, 0.05) is 32.7 Å². The SMILES string of the molecule is CCNC(=O)CN1CCN(C(=O)NC(C)c2cccc(OCC)c2)CC1. The summed E-state index contributed by atoms with van der Waals surface area (Å²) in [4.78, 5) is 28.0. The molecule has 0 aromatic heterocycles. The van der Waals surface area contributed by atoms with Crippen LogP contribution in [0.3, 0.4) is 0 Å². The number of rotatable bonds is 7. The van der Waals surface area contributed by atoms with Crippen LogP contribution in [0, 0.1) is 0 Å². The summed E-state index contributed by atoms with van der Waals surface area (Å²) >= 11 is 0. The van der Waals surface area contributed by atoms with Crippen LogP contribution in [-0.4, -0.2) is 67.6 Å². The smallest absolute Gasteiger partial charge is 0.317 e.